The van der Waals surface area contributed by atoms with Gasteiger partial charge in [-0.05, 0) is 50.3 Å². The van der Waals surface area contributed by atoms with Gasteiger partial charge in [-0.15, -0.1) is 0 Å². The molecule has 4 rings (SSSR count). The highest BCUT2D eigenvalue weighted by atomic mass is 19.4. The lowest BCUT2D eigenvalue weighted by molar-refractivity contribution is -0.144. The first-order chi connectivity index (χ1) is 19.8. The summed E-state index contributed by atoms with van der Waals surface area (Å²) in [6.45, 7) is 1.35. The number of fused-ring (bicyclic) bond motifs is 1. The van der Waals surface area contributed by atoms with Crippen LogP contribution in [0.3, 0.4) is 0 Å². The number of nitrogens with two attached hydrogens (primary N) is 1. The third-order valence-electron chi connectivity index (χ3n) is 7.67. The number of benzene rings is 1. The van der Waals surface area contributed by atoms with Crippen LogP contribution in [0.5, 0.6) is 0 Å². The molecule has 2 aromatic heterocycles. The molecule has 0 aliphatic heterocycles. The Morgan fingerprint density at radius 2 is 1.79 bits per heavy atom. The normalized spacial score (nSPS) is 17.6. The lowest BCUT2D eigenvalue weighted by Gasteiger charge is -2.32. The van der Waals surface area contributed by atoms with Gasteiger partial charge in [-0.2, -0.15) is 31.4 Å². The number of primary amides is 1. The van der Waals surface area contributed by atoms with E-state index in [-0.39, 0.29) is 35.6 Å². The third kappa shape index (κ3) is 7.82. The van der Waals surface area contributed by atoms with E-state index in [0.717, 1.165) is 0 Å². The van der Waals surface area contributed by atoms with Crippen LogP contribution in [0, 0.1) is 12.8 Å². The summed E-state index contributed by atoms with van der Waals surface area (Å²) in [6.07, 6.45) is -12.2. The first kappa shape index (κ1) is 32.2. The molecule has 2 atom stereocenters. The van der Waals surface area contributed by atoms with Crippen molar-refractivity contribution < 1.29 is 44.7 Å². The Kier molecular flexibility index (Phi) is 8.80. The van der Waals surface area contributed by atoms with Crippen molar-refractivity contribution in [1.29, 1.82) is 0 Å². The minimum Gasteiger partial charge on any atom is -0.365 e. The summed E-state index contributed by atoms with van der Waals surface area (Å²) >= 11 is 0. The molecule has 8 nitrogen and oxygen atoms in total. The van der Waals surface area contributed by atoms with Crippen LogP contribution < -0.4 is 11.1 Å². The topological polar surface area (TPSA) is 119 Å². The first-order valence-corrected chi connectivity index (χ1v) is 13.5. The summed E-state index contributed by atoms with van der Waals surface area (Å²) in [5.74, 6) is -6.12. The van der Waals surface area contributed by atoms with E-state index in [1.54, 1.807) is 25.1 Å². The standard InChI is InChI=1S/C27H30F8N6O2/c1-13(37-19(42)7-10-26(30,31)32)16-3-4-17-18(11-16)39-24(38-17)21(15-5-8-25(28,29)9-6-15)22-20(23(36)43)14(2)41(40-22)12-27(33,34)35/h3-4,11,13,15,21H,5-10,12H2,1-2H3,(H2,36,43)(H,37,42)(H,38,39)/t13-,21+/m1/s1. The van der Waals surface area contributed by atoms with E-state index in [1.165, 1.54) is 6.92 Å². The van der Waals surface area contributed by atoms with Gasteiger partial charge < -0.3 is 16.0 Å². The number of nitrogens with one attached hydrogen (secondary N) is 2. The largest absolute Gasteiger partial charge is 0.408 e. The number of hydrogen-bond donors (Lipinski definition) is 3. The number of carbonyl (C=O) groups is 2. The summed E-state index contributed by atoms with van der Waals surface area (Å²) in [6, 6.07) is 4.07. The molecule has 0 saturated heterocycles. The van der Waals surface area contributed by atoms with Crippen LogP contribution in [0.2, 0.25) is 0 Å². The lowest BCUT2D eigenvalue weighted by atomic mass is 9.76. The van der Waals surface area contributed by atoms with E-state index in [4.69, 9.17) is 5.73 Å². The summed E-state index contributed by atoms with van der Waals surface area (Å²) < 4.78 is 106. The molecule has 43 heavy (non-hydrogen) atoms. The van der Waals surface area contributed by atoms with E-state index in [2.05, 4.69) is 20.4 Å². The molecule has 0 bridgehead atoms. The lowest BCUT2D eigenvalue weighted by Crippen LogP contribution is -2.30. The number of imidazole rings is 1. The molecule has 2 amide bonds. The molecule has 1 aromatic carbocycles. The van der Waals surface area contributed by atoms with E-state index in [0.29, 0.717) is 21.3 Å². The average molecular weight is 623 g/mol. The Hall–Kier alpha value is -3.72. The minimum atomic E-state index is -4.67. The molecule has 2 heterocycles. The zero-order valence-corrected chi connectivity index (χ0v) is 23.2. The van der Waals surface area contributed by atoms with E-state index >= 15 is 0 Å². The number of alkyl halides is 8. The molecule has 236 valence electrons. The predicted octanol–water partition coefficient (Wildman–Crippen LogP) is 6.21. The minimum absolute atomic E-state index is 0.0235. The Balaban J connectivity index is 1.72. The second kappa shape index (κ2) is 11.8. The molecule has 1 aliphatic carbocycles. The highest BCUT2D eigenvalue weighted by molar-refractivity contribution is 5.95. The van der Waals surface area contributed by atoms with Crippen molar-refractivity contribution >= 4 is 22.8 Å². The Labute approximate surface area is 240 Å². The molecule has 0 unspecified atom stereocenters. The van der Waals surface area contributed by atoms with Crippen LogP contribution in [0.15, 0.2) is 18.2 Å². The second-order valence-corrected chi connectivity index (χ2v) is 11.0. The number of amides is 2. The van der Waals surface area contributed by atoms with Gasteiger partial charge in [0.05, 0.1) is 40.7 Å². The van der Waals surface area contributed by atoms with Gasteiger partial charge in [-0.25, -0.2) is 13.8 Å². The van der Waals surface area contributed by atoms with Crippen LogP contribution in [0.1, 0.15) is 90.5 Å². The predicted molar refractivity (Wildman–Crippen MR) is 138 cm³/mol. The number of aromatic amines is 1. The quantitative estimate of drug-likeness (QED) is 0.246. The van der Waals surface area contributed by atoms with Gasteiger partial charge in [-0.1, -0.05) is 6.07 Å². The zero-order chi connectivity index (χ0) is 31.9. The van der Waals surface area contributed by atoms with Crippen molar-refractivity contribution in [2.24, 2.45) is 11.7 Å². The molecule has 1 aliphatic rings. The molecule has 1 saturated carbocycles. The van der Waals surface area contributed by atoms with Crippen molar-refractivity contribution in [3.63, 3.8) is 0 Å². The van der Waals surface area contributed by atoms with Crippen molar-refractivity contribution in [2.75, 3.05) is 0 Å². The second-order valence-electron chi connectivity index (χ2n) is 11.0. The van der Waals surface area contributed by atoms with Gasteiger partial charge >= 0.3 is 12.4 Å². The number of H-pyrrole nitrogens is 1. The van der Waals surface area contributed by atoms with Gasteiger partial charge in [-0.3, -0.25) is 14.3 Å². The number of nitrogens with zero attached hydrogens (tertiary/aromatic N) is 3. The Morgan fingerprint density at radius 3 is 2.37 bits per heavy atom. The smallest absolute Gasteiger partial charge is 0.365 e. The maximum atomic E-state index is 14.1. The van der Waals surface area contributed by atoms with Crippen molar-refractivity contribution in [3.8, 4) is 0 Å². The van der Waals surface area contributed by atoms with Crippen LogP contribution in [-0.2, 0) is 11.3 Å². The first-order valence-electron chi connectivity index (χ1n) is 13.5. The van der Waals surface area contributed by atoms with Crippen LogP contribution in [0.25, 0.3) is 11.0 Å². The van der Waals surface area contributed by atoms with E-state index < -0.39 is 80.2 Å². The maximum absolute atomic E-state index is 14.1. The molecular formula is C27H30F8N6O2. The summed E-state index contributed by atoms with van der Waals surface area (Å²) in [5, 5.41) is 6.60. The fraction of sp³-hybridized carbons (Fsp3) is 0.556. The molecule has 3 aromatic rings. The van der Waals surface area contributed by atoms with E-state index in [1.807, 2.05) is 0 Å². The highest BCUT2D eigenvalue weighted by Gasteiger charge is 2.42. The van der Waals surface area contributed by atoms with Gasteiger partial charge in [0, 0.05) is 25.0 Å². The number of carbonyl (C=O) groups excluding carboxylic acids is 2. The fourth-order valence-electron chi connectivity index (χ4n) is 5.50. The van der Waals surface area contributed by atoms with Crippen LogP contribution >= 0.6 is 0 Å². The summed E-state index contributed by atoms with van der Waals surface area (Å²) in [7, 11) is 0. The number of hydrogen-bond acceptors (Lipinski definition) is 4. The third-order valence-corrected chi connectivity index (χ3v) is 7.67. The fourth-order valence-corrected chi connectivity index (χ4v) is 5.50. The van der Waals surface area contributed by atoms with Crippen LogP contribution in [0.4, 0.5) is 35.1 Å². The van der Waals surface area contributed by atoms with Crippen molar-refractivity contribution in [2.45, 2.75) is 89.2 Å². The molecule has 0 radical (unpaired) electrons. The molecule has 16 heteroatoms. The van der Waals surface area contributed by atoms with Crippen molar-refractivity contribution in [3.05, 3.63) is 46.5 Å². The zero-order valence-electron chi connectivity index (χ0n) is 23.2. The Morgan fingerprint density at radius 1 is 1.14 bits per heavy atom. The molecular weight excluding hydrogens is 592 g/mol. The van der Waals surface area contributed by atoms with Gasteiger partial charge in [0.2, 0.25) is 11.8 Å². The summed E-state index contributed by atoms with van der Waals surface area (Å²) in [4.78, 5) is 32.1. The maximum Gasteiger partial charge on any atom is 0.408 e. The molecule has 0 spiro atoms. The molecule has 1 fully saturated rings. The van der Waals surface area contributed by atoms with E-state index in [9.17, 15) is 44.7 Å². The monoisotopic (exact) mass is 622 g/mol. The Bertz CT molecular complexity index is 1480. The van der Waals surface area contributed by atoms with Crippen LogP contribution in [-0.4, -0.2) is 49.8 Å². The van der Waals surface area contributed by atoms with Gasteiger partial charge in [0.25, 0.3) is 5.91 Å². The van der Waals surface area contributed by atoms with Gasteiger partial charge in [0.15, 0.2) is 0 Å². The summed E-state index contributed by atoms with van der Waals surface area (Å²) in [5.41, 5.74) is 6.40. The highest BCUT2D eigenvalue weighted by Crippen LogP contribution is 2.45. The molecule has 4 N–H and O–H groups in total. The number of halogens is 8. The number of rotatable bonds is 9. The average Bonchev–Trinajstić information content (AvgIpc) is 3.42. The SMILES string of the molecule is Cc1c(C(N)=O)c([C@@H](c2nc3ccc([C@@H](C)NC(=O)CCC(F)(F)F)cc3[nH]2)C2CCC(F)(F)CC2)nn1CC(F)(F)F. The number of aromatic nitrogens is 4. The van der Waals surface area contributed by atoms with Crippen molar-refractivity contribution in [1.82, 2.24) is 25.1 Å². The van der Waals surface area contributed by atoms with Gasteiger partial charge in [0.1, 0.15) is 12.4 Å².